The number of hydrogen-bond donors (Lipinski definition) is 1. The van der Waals surface area contributed by atoms with Crippen molar-refractivity contribution in [1.29, 1.82) is 0 Å². The molecule has 4 nitrogen and oxygen atoms in total. The molecule has 0 aliphatic carbocycles. The van der Waals surface area contributed by atoms with Crippen molar-refractivity contribution in [2.45, 2.75) is 76.6 Å². The van der Waals surface area contributed by atoms with Gasteiger partial charge >= 0.3 is 51.4 Å². The summed E-state index contributed by atoms with van der Waals surface area (Å²) in [5.74, 6) is 0. The number of aliphatic hydroxyl groups excluding tert-OH is 1. The third-order valence-corrected chi connectivity index (χ3v) is 4.26. The first-order valence-corrected chi connectivity index (χ1v) is 7.97. The van der Waals surface area contributed by atoms with Gasteiger partial charge in [0.25, 0.3) is 0 Å². The van der Waals surface area contributed by atoms with Crippen molar-refractivity contribution < 1.29 is 69.5 Å². The minimum Gasteiger partial charge on any atom is -0.748 e. The maximum absolute atomic E-state index is 10.6. The topological polar surface area (TPSA) is 77.4 Å². The molecule has 0 aliphatic rings. The molecule has 0 saturated heterocycles. The summed E-state index contributed by atoms with van der Waals surface area (Å²) in [4.78, 5) is 0. The van der Waals surface area contributed by atoms with Gasteiger partial charge in [0.2, 0.25) is 0 Å². The monoisotopic (exact) mass is 304 g/mol. The molecule has 2 unspecified atom stereocenters. The van der Waals surface area contributed by atoms with Crippen LogP contribution in [0.1, 0.15) is 65.2 Å². The van der Waals surface area contributed by atoms with E-state index in [1.165, 1.54) is 26.2 Å². The predicted octanol–water partition coefficient (Wildman–Crippen LogP) is -0.574. The van der Waals surface area contributed by atoms with Crippen LogP contribution in [0.5, 0.6) is 0 Å². The Kier molecular flexibility index (Phi) is 14.9. The Morgan fingerprint density at radius 2 is 1.61 bits per heavy atom. The molecular formula is C12H25KO4S. The van der Waals surface area contributed by atoms with Crippen LogP contribution >= 0.6 is 0 Å². The van der Waals surface area contributed by atoms with Crippen LogP contribution in [0.2, 0.25) is 0 Å². The fourth-order valence-corrected chi connectivity index (χ4v) is 2.12. The number of aliphatic hydroxyl groups is 1. The molecule has 0 rings (SSSR count). The van der Waals surface area contributed by atoms with Gasteiger partial charge in [-0.25, -0.2) is 8.42 Å². The second-order valence-corrected chi connectivity index (χ2v) is 6.53. The van der Waals surface area contributed by atoms with Crippen molar-refractivity contribution in [2.24, 2.45) is 0 Å². The standard InChI is InChI=1S/C12H26O4S.K/c1-3-4-5-6-7-8-12(13)10-9-11(2)17(14,15)16;/h11-13H,3-10H2,1-2H3,(H,14,15,16);/q;+1/p-1. The average Bonchev–Trinajstić information content (AvgIpc) is 2.24. The van der Waals surface area contributed by atoms with Gasteiger partial charge in [-0.1, -0.05) is 39.0 Å². The molecule has 18 heavy (non-hydrogen) atoms. The SMILES string of the molecule is CCCCCCCC(O)CCC(C)S(=O)(=O)[O-].[K+]. The van der Waals surface area contributed by atoms with Crippen LogP contribution in [0.3, 0.4) is 0 Å². The van der Waals surface area contributed by atoms with Gasteiger partial charge in [0.15, 0.2) is 0 Å². The first kappa shape index (κ1) is 21.8. The summed E-state index contributed by atoms with van der Waals surface area (Å²) in [6.07, 6.45) is 6.58. The van der Waals surface area contributed by atoms with E-state index in [0.29, 0.717) is 12.8 Å². The molecule has 0 aromatic rings. The molecule has 1 N–H and O–H groups in total. The molecule has 0 radical (unpaired) electrons. The van der Waals surface area contributed by atoms with Gasteiger partial charge < -0.3 is 9.66 Å². The molecule has 0 saturated carbocycles. The van der Waals surface area contributed by atoms with E-state index in [-0.39, 0.29) is 57.8 Å². The van der Waals surface area contributed by atoms with Crippen LogP contribution in [-0.4, -0.2) is 29.4 Å². The predicted molar refractivity (Wildman–Crippen MR) is 67.8 cm³/mol. The Hall–Kier alpha value is 1.51. The third kappa shape index (κ3) is 12.5. The minimum absolute atomic E-state index is 0. The van der Waals surface area contributed by atoms with Gasteiger partial charge in [0, 0.05) is 5.25 Å². The normalized spacial score (nSPS) is 14.9. The second kappa shape index (κ2) is 12.3. The molecule has 6 heteroatoms. The molecule has 0 aromatic carbocycles. The zero-order chi connectivity index (χ0) is 13.3. The Morgan fingerprint density at radius 3 is 2.11 bits per heavy atom. The summed E-state index contributed by atoms with van der Waals surface area (Å²) >= 11 is 0. The van der Waals surface area contributed by atoms with Gasteiger partial charge in [-0.3, -0.25) is 0 Å². The maximum atomic E-state index is 10.6. The summed E-state index contributed by atoms with van der Waals surface area (Å²) in [6, 6.07) is 0. The summed E-state index contributed by atoms with van der Waals surface area (Å²) < 4.78 is 31.9. The molecule has 0 heterocycles. The van der Waals surface area contributed by atoms with Crippen LogP contribution in [-0.2, 0) is 10.1 Å². The first-order valence-electron chi connectivity index (χ1n) is 6.50. The first-order chi connectivity index (χ1) is 7.88. The summed E-state index contributed by atoms with van der Waals surface area (Å²) in [7, 11) is -4.19. The van der Waals surface area contributed by atoms with Crippen molar-refractivity contribution in [3.63, 3.8) is 0 Å². The van der Waals surface area contributed by atoms with Crippen LogP contribution in [0.15, 0.2) is 0 Å². The van der Waals surface area contributed by atoms with Crippen molar-refractivity contribution in [3.05, 3.63) is 0 Å². The van der Waals surface area contributed by atoms with E-state index in [0.717, 1.165) is 12.8 Å². The van der Waals surface area contributed by atoms with Gasteiger partial charge in [0.1, 0.15) is 0 Å². The average molecular weight is 304 g/mol. The Morgan fingerprint density at radius 1 is 1.06 bits per heavy atom. The Labute approximate surface area is 154 Å². The van der Waals surface area contributed by atoms with Crippen LogP contribution < -0.4 is 51.4 Å². The minimum atomic E-state index is -4.19. The molecule has 0 aliphatic heterocycles. The molecule has 0 amide bonds. The van der Waals surface area contributed by atoms with Gasteiger partial charge in [-0.2, -0.15) is 0 Å². The fourth-order valence-electron chi connectivity index (χ4n) is 1.70. The van der Waals surface area contributed by atoms with Crippen molar-refractivity contribution in [2.75, 3.05) is 0 Å². The van der Waals surface area contributed by atoms with Gasteiger partial charge in [-0.15, -0.1) is 0 Å². The van der Waals surface area contributed by atoms with E-state index in [1.807, 2.05) is 0 Å². The zero-order valence-corrected chi connectivity index (χ0v) is 15.8. The molecule has 0 fully saturated rings. The number of hydrogen-bond acceptors (Lipinski definition) is 4. The van der Waals surface area contributed by atoms with Crippen LogP contribution in [0, 0.1) is 0 Å². The van der Waals surface area contributed by atoms with Gasteiger partial charge in [0.05, 0.1) is 16.2 Å². The number of rotatable bonds is 10. The van der Waals surface area contributed by atoms with E-state index in [9.17, 15) is 18.1 Å². The Balaban J connectivity index is 0. The van der Waals surface area contributed by atoms with E-state index in [2.05, 4.69) is 6.92 Å². The van der Waals surface area contributed by atoms with Crippen molar-refractivity contribution in [1.82, 2.24) is 0 Å². The zero-order valence-electron chi connectivity index (χ0n) is 11.9. The van der Waals surface area contributed by atoms with E-state index in [4.69, 9.17) is 0 Å². The molecule has 0 bridgehead atoms. The fraction of sp³-hybridized carbons (Fsp3) is 1.00. The third-order valence-electron chi connectivity index (χ3n) is 3.04. The summed E-state index contributed by atoms with van der Waals surface area (Å²) in [5.41, 5.74) is 0. The smallest absolute Gasteiger partial charge is 0.748 e. The molecule has 0 spiro atoms. The van der Waals surface area contributed by atoms with E-state index in [1.54, 1.807) is 0 Å². The number of unbranched alkanes of at least 4 members (excludes halogenated alkanes) is 4. The molecule has 0 aromatic heterocycles. The van der Waals surface area contributed by atoms with E-state index < -0.39 is 21.5 Å². The van der Waals surface area contributed by atoms with Crippen LogP contribution in [0.25, 0.3) is 0 Å². The van der Waals surface area contributed by atoms with Crippen molar-refractivity contribution in [3.8, 4) is 0 Å². The largest absolute Gasteiger partial charge is 1.00 e. The molecular weight excluding hydrogens is 279 g/mol. The summed E-state index contributed by atoms with van der Waals surface area (Å²) in [5, 5.41) is 8.73. The Bertz CT molecular complexity index is 280. The van der Waals surface area contributed by atoms with Crippen LogP contribution in [0.4, 0.5) is 0 Å². The van der Waals surface area contributed by atoms with E-state index >= 15 is 0 Å². The van der Waals surface area contributed by atoms with Gasteiger partial charge in [-0.05, 0) is 26.2 Å². The quantitative estimate of drug-likeness (QED) is 0.333. The van der Waals surface area contributed by atoms with Crippen molar-refractivity contribution >= 4 is 10.1 Å². The maximum Gasteiger partial charge on any atom is 1.00 e. The second-order valence-electron chi connectivity index (χ2n) is 4.74. The summed E-state index contributed by atoms with van der Waals surface area (Å²) in [6.45, 7) is 3.55. The molecule has 2 atom stereocenters. The molecule has 104 valence electrons.